The predicted molar refractivity (Wildman–Crippen MR) is 92.2 cm³/mol. The Hall–Kier alpha value is -2.44. The minimum absolute atomic E-state index is 0.0369. The summed E-state index contributed by atoms with van der Waals surface area (Å²) in [6, 6.07) is 0. The quantitative estimate of drug-likeness (QED) is 0.791. The molecule has 24 heavy (non-hydrogen) atoms. The van der Waals surface area contributed by atoms with Crippen molar-refractivity contribution in [3.8, 4) is 0 Å². The SMILES string of the molecule is CCCCn1ncc(C)c1NC(=O)Cn1nc(C)c(C(C)=O)c1C. The van der Waals surface area contributed by atoms with Crippen molar-refractivity contribution >= 4 is 17.5 Å². The van der Waals surface area contributed by atoms with Gasteiger partial charge in [0.05, 0.1) is 17.5 Å². The minimum Gasteiger partial charge on any atom is -0.309 e. The molecule has 0 aliphatic carbocycles. The fraction of sp³-hybridized carbons (Fsp3) is 0.529. The average molecular weight is 331 g/mol. The van der Waals surface area contributed by atoms with E-state index in [-0.39, 0.29) is 18.2 Å². The third-order valence-corrected chi connectivity index (χ3v) is 4.03. The summed E-state index contributed by atoms with van der Waals surface area (Å²) in [5, 5.41) is 11.5. The summed E-state index contributed by atoms with van der Waals surface area (Å²) in [6.07, 6.45) is 3.82. The Bertz CT molecular complexity index is 757. The number of carbonyl (C=O) groups is 2. The van der Waals surface area contributed by atoms with E-state index in [1.807, 2.05) is 11.6 Å². The van der Waals surface area contributed by atoms with Gasteiger partial charge in [-0.05, 0) is 34.1 Å². The number of carbonyl (C=O) groups excluding carboxylic acids is 2. The van der Waals surface area contributed by atoms with Crippen LogP contribution in [0.5, 0.6) is 0 Å². The number of rotatable bonds is 7. The van der Waals surface area contributed by atoms with Crippen LogP contribution in [0.25, 0.3) is 0 Å². The number of unbranched alkanes of at least 4 members (excludes halogenated alkanes) is 1. The van der Waals surface area contributed by atoms with Crippen molar-refractivity contribution in [3.63, 3.8) is 0 Å². The van der Waals surface area contributed by atoms with Crippen LogP contribution in [-0.2, 0) is 17.9 Å². The lowest BCUT2D eigenvalue weighted by molar-refractivity contribution is -0.117. The van der Waals surface area contributed by atoms with E-state index in [4.69, 9.17) is 0 Å². The van der Waals surface area contributed by atoms with E-state index in [1.54, 1.807) is 24.7 Å². The Kier molecular flexibility index (Phi) is 5.54. The van der Waals surface area contributed by atoms with Gasteiger partial charge in [-0.25, -0.2) is 4.68 Å². The molecule has 7 heteroatoms. The van der Waals surface area contributed by atoms with E-state index in [0.717, 1.165) is 30.8 Å². The number of hydrogen-bond acceptors (Lipinski definition) is 4. The fourth-order valence-corrected chi connectivity index (χ4v) is 2.79. The smallest absolute Gasteiger partial charge is 0.247 e. The lowest BCUT2D eigenvalue weighted by Crippen LogP contribution is -2.22. The van der Waals surface area contributed by atoms with Gasteiger partial charge in [0.15, 0.2) is 5.78 Å². The zero-order valence-corrected chi connectivity index (χ0v) is 15.0. The molecular weight excluding hydrogens is 306 g/mol. The molecule has 1 amide bonds. The van der Waals surface area contributed by atoms with Gasteiger partial charge >= 0.3 is 0 Å². The molecule has 7 nitrogen and oxygen atoms in total. The lowest BCUT2D eigenvalue weighted by atomic mass is 10.1. The standard InChI is InChI=1S/C17H25N5O2/c1-6-7-8-21-17(11(2)9-18-21)19-15(24)10-22-13(4)16(14(5)23)12(3)20-22/h9H,6-8,10H2,1-5H3,(H,19,24). The maximum atomic E-state index is 12.4. The van der Waals surface area contributed by atoms with Gasteiger partial charge in [-0.2, -0.15) is 10.2 Å². The largest absolute Gasteiger partial charge is 0.309 e. The van der Waals surface area contributed by atoms with Crippen molar-refractivity contribution in [1.29, 1.82) is 0 Å². The van der Waals surface area contributed by atoms with Crippen molar-refractivity contribution in [2.75, 3.05) is 5.32 Å². The molecule has 0 atom stereocenters. The van der Waals surface area contributed by atoms with Crippen molar-refractivity contribution in [3.05, 3.63) is 28.7 Å². The maximum Gasteiger partial charge on any atom is 0.247 e. The third kappa shape index (κ3) is 3.72. The summed E-state index contributed by atoms with van der Waals surface area (Å²) in [6.45, 7) is 9.97. The molecule has 0 fully saturated rings. The Labute approximate surface area is 142 Å². The summed E-state index contributed by atoms with van der Waals surface area (Å²) in [4.78, 5) is 24.1. The second-order valence-electron chi connectivity index (χ2n) is 6.06. The first-order valence-electron chi connectivity index (χ1n) is 8.22. The van der Waals surface area contributed by atoms with Crippen LogP contribution in [0.4, 0.5) is 5.82 Å². The third-order valence-electron chi connectivity index (χ3n) is 4.03. The highest BCUT2D eigenvalue weighted by Gasteiger charge is 2.18. The topological polar surface area (TPSA) is 81.8 Å². The van der Waals surface area contributed by atoms with Crippen LogP contribution in [-0.4, -0.2) is 31.3 Å². The van der Waals surface area contributed by atoms with Gasteiger partial charge in [0.25, 0.3) is 0 Å². The van der Waals surface area contributed by atoms with Gasteiger partial charge < -0.3 is 5.32 Å². The van der Waals surface area contributed by atoms with Crippen molar-refractivity contribution in [2.24, 2.45) is 0 Å². The minimum atomic E-state index is -0.183. The van der Waals surface area contributed by atoms with E-state index >= 15 is 0 Å². The zero-order chi connectivity index (χ0) is 17.9. The van der Waals surface area contributed by atoms with Crippen LogP contribution in [0.1, 0.15) is 54.0 Å². The molecule has 0 aliphatic heterocycles. The highest BCUT2D eigenvalue weighted by Crippen LogP contribution is 2.16. The summed E-state index contributed by atoms with van der Waals surface area (Å²) in [7, 11) is 0. The molecule has 2 aromatic rings. The van der Waals surface area contributed by atoms with Crippen LogP contribution in [0, 0.1) is 20.8 Å². The molecule has 0 bridgehead atoms. The predicted octanol–water partition coefficient (Wildman–Crippen LogP) is 2.65. The van der Waals surface area contributed by atoms with E-state index in [2.05, 4.69) is 22.4 Å². The first kappa shape index (κ1) is 17.9. The molecule has 0 aromatic carbocycles. The van der Waals surface area contributed by atoms with Gasteiger partial charge in [-0.15, -0.1) is 0 Å². The molecular formula is C17H25N5O2. The van der Waals surface area contributed by atoms with E-state index in [9.17, 15) is 9.59 Å². The zero-order valence-electron chi connectivity index (χ0n) is 15.0. The molecule has 2 aromatic heterocycles. The molecule has 0 spiro atoms. The number of aryl methyl sites for hydroxylation is 3. The Balaban J connectivity index is 2.14. The average Bonchev–Trinajstić information content (AvgIpc) is 2.98. The number of amides is 1. The van der Waals surface area contributed by atoms with E-state index in [1.165, 1.54) is 6.92 Å². The summed E-state index contributed by atoms with van der Waals surface area (Å²) in [5.74, 6) is 0.504. The van der Waals surface area contributed by atoms with Crippen LogP contribution < -0.4 is 5.32 Å². The number of ketones is 1. The summed E-state index contributed by atoms with van der Waals surface area (Å²) < 4.78 is 3.39. The van der Waals surface area contributed by atoms with Crippen molar-refractivity contribution in [1.82, 2.24) is 19.6 Å². The second-order valence-corrected chi connectivity index (χ2v) is 6.06. The van der Waals surface area contributed by atoms with Gasteiger partial charge in [-0.1, -0.05) is 13.3 Å². The van der Waals surface area contributed by atoms with Crippen LogP contribution in [0.2, 0.25) is 0 Å². The highest BCUT2D eigenvalue weighted by atomic mass is 16.2. The molecule has 0 aliphatic rings. The number of nitrogens with zero attached hydrogens (tertiary/aromatic N) is 4. The van der Waals surface area contributed by atoms with Crippen molar-refractivity contribution < 1.29 is 9.59 Å². The molecule has 2 rings (SSSR count). The van der Waals surface area contributed by atoms with E-state index < -0.39 is 0 Å². The molecule has 0 saturated carbocycles. The van der Waals surface area contributed by atoms with Crippen LogP contribution in [0.3, 0.4) is 0 Å². The van der Waals surface area contributed by atoms with E-state index in [0.29, 0.717) is 17.0 Å². The first-order chi connectivity index (χ1) is 11.3. The molecule has 2 heterocycles. The van der Waals surface area contributed by atoms with Gasteiger partial charge in [-0.3, -0.25) is 14.3 Å². The van der Waals surface area contributed by atoms with Gasteiger partial charge in [0.1, 0.15) is 12.4 Å². The number of nitrogens with one attached hydrogen (secondary N) is 1. The Morgan fingerprint density at radius 3 is 2.50 bits per heavy atom. The van der Waals surface area contributed by atoms with Crippen molar-refractivity contribution in [2.45, 2.75) is 60.5 Å². The number of hydrogen-bond donors (Lipinski definition) is 1. The lowest BCUT2D eigenvalue weighted by Gasteiger charge is -2.10. The summed E-state index contributed by atoms with van der Waals surface area (Å²) in [5.41, 5.74) is 2.88. The van der Waals surface area contributed by atoms with Crippen LogP contribution in [0.15, 0.2) is 6.20 Å². The normalized spacial score (nSPS) is 10.9. The molecule has 0 unspecified atom stereocenters. The molecule has 1 N–H and O–H groups in total. The first-order valence-corrected chi connectivity index (χ1v) is 8.22. The Morgan fingerprint density at radius 2 is 1.92 bits per heavy atom. The summed E-state index contributed by atoms with van der Waals surface area (Å²) >= 11 is 0. The number of anilines is 1. The number of aromatic nitrogens is 4. The monoisotopic (exact) mass is 331 g/mol. The number of Topliss-reactive ketones (excluding diaryl/α,β-unsaturated/α-hetero) is 1. The fourth-order valence-electron chi connectivity index (χ4n) is 2.79. The molecule has 0 saturated heterocycles. The molecule has 0 radical (unpaired) electrons. The maximum absolute atomic E-state index is 12.4. The van der Waals surface area contributed by atoms with Crippen LogP contribution >= 0.6 is 0 Å². The highest BCUT2D eigenvalue weighted by molar-refractivity contribution is 5.96. The Morgan fingerprint density at radius 1 is 1.21 bits per heavy atom. The van der Waals surface area contributed by atoms with Gasteiger partial charge in [0.2, 0.25) is 5.91 Å². The van der Waals surface area contributed by atoms with Gasteiger partial charge in [0, 0.05) is 17.8 Å². The second kappa shape index (κ2) is 7.42. The molecule has 130 valence electrons.